The lowest BCUT2D eigenvalue weighted by Gasteiger charge is -2.37. The minimum absolute atomic E-state index is 0.0818. The van der Waals surface area contributed by atoms with Crippen LogP contribution < -0.4 is 25.4 Å². The van der Waals surface area contributed by atoms with Crippen LogP contribution in [0.3, 0.4) is 0 Å². The van der Waals surface area contributed by atoms with Crippen molar-refractivity contribution in [2.45, 2.75) is 13.0 Å². The van der Waals surface area contributed by atoms with Crippen molar-refractivity contribution >= 4 is 22.9 Å². The highest BCUT2D eigenvalue weighted by Gasteiger charge is 2.28. The molecule has 1 aliphatic heterocycles. The molecule has 0 amide bonds. The van der Waals surface area contributed by atoms with Crippen LogP contribution in [0.15, 0.2) is 48.7 Å². The number of nitrogen functional groups attached to an aromatic ring is 1. The zero-order valence-electron chi connectivity index (χ0n) is 19.4. The van der Waals surface area contributed by atoms with Crippen LogP contribution in [0, 0.1) is 6.92 Å². The van der Waals surface area contributed by atoms with E-state index in [1.165, 1.54) is 11.1 Å². The van der Waals surface area contributed by atoms with Gasteiger partial charge >= 0.3 is 0 Å². The van der Waals surface area contributed by atoms with Gasteiger partial charge in [-0.05, 0) is 30.7 Å². The van der Waals surface area contributed by atoms with E-state index >= 15 is 0 Å². The summed E-state index contributed by atoms with van der Waals surface area (Å²) in [4.78, 5) is 20.7. The predicted octanol–water partition coefficient (Wildman–Crippen LogP) is 3.15. The summed E-state index contributed by atoms with van der Waals surface area (Å²) in [6.45, 7) is 4.46. The van der Waals surface area contributed by atoms with Gasteiger partial charge < -0.3 is 25.4 Å². The van der Waals surface area contributed by atoms with Crippen molar-refractivity contribution in [3.05, 3.63) is 59.8 Å². The number of nitrogens with two attached hydrogens (primary N) is 1. The fraction of sp³-hybridized carbons (Fsp3) is 0.280. The van der Waals surface area contributed by atoms with Crippen molar-refractivity contribution < 1.29 is 9.47 Å². The number of methoxy groups -OCH3 is 2. The number of ether oxygens (including phenoxy) is 2. The number of nitrogens with zero attached hydrogens (tertiary/aromatic N) is 5. The van der Waals surface area contributed by atoms with Crippen LogP contribution in [0.5, 0.6) is 11.5 Å². The predicted molar refractivity (Wildman–Crippen MR) is 132 cm³/mol. The smallest absolute Gasteiger partial charge is 0.224 e. The number of aryl methyl sites for hydroxylation is 1. The summed E-state index contributed by atoms with van der Waals surface area (Å²) in [5, 5.41) is 3.49. The van der Waals surface area contributed by atoms with Crippen molar-refractivity contribution in [1.82, 2.24) is 25.3 Å². The summed E-state index contributed by atoms with van der Waals surface area (Å²) in [6, 6.07) is 14.3. The van der Waals surface area contributed by atoms with E-state index in [-0.39, 0.29) is 12.0 Å². The Morgan fingerprint density at radius 1 is 1.00 bits per heavy atom. The summed E-state index contributed by atoms with van der Waals surface area (Å²) >= 11 is 0. The first-order chi connectivity index (χ1) is 16.6. The third-order valence-electron chi connectivity index (χ3n) is 6.06. The number of aromatic nitrogens is 4. The van der Waals surface area contributed by atoms with Crippen LogP contribution in [0.2, 0.25) is 0 Å². The molecule has 1 fully saturated rings. The molecule has 1 saturated heterocycles. The Labute approximate surface area is 198 Å². The number of hydrogen-bond acceptors (Lipinski definition) is 9. The summed E-state index contributed by atoms with van der Waals surface area (Å²) in [6.07, 6.45) is 1.69. The Hall–Kier alpha value is -3.98. The Morgan fingerprint density at radius 3 is 2.56 bits per heavy atom. The molecular weight excluding hydrogens is 430 g/mol. The third-order valence-corrected chi connectivity index (χ3v) is 6.06. The molecule has 0 saturated carbocycles. The van der Waals surface area contributed by atoms with Crippen LogP contribution in [-0.4, -0.2) is 53.8 Å². The molecule has 5 rings (SSSR count). The van der Waals surface area contributed by atoms with E-state index in [1.54, 1.807) is 20.4 Å². The average Bonchev–Trinajstić information content (AvgIpc) is 2.88. The fourth-order valence-electron chi connectivity index (χ4n) is 4.29. The molecule has 2 aromatic carbocycles. The zero-order chi connectivity index (χ0) is 23.7. The normalized spacial score (nSPS) is 16.0. The molecule has 0 spiro atoms. The van der Waals surface area contributed by atoms with E-state index in [0.717, 1.165) is 25.2 Å². The zero-order valence-corrected chi connectivity index (χ0v) is 19.4. The van der Waals surface area contributed by atoms with Crippen LogP contribution in [0.1, 0.15) is 17.2 Å². The largest absolute Gasteiger partial charge is 0.493 e. The minimum atomic E-state index is 0.0818. The van der Waals surface area contributed by atoms with E-state index in [0.29, 0.717) is 34.2 Å². The molecular formula is C25H27N7O2. The lowest BCUT2D eigenvalue weighted by atomic mass is 10.0. The number of rotatable bonds is 5. The van der Waals surface area contributed by atoms with E-state index in [1.807, 2.05) is 18.2 Å². The molecule has 1 aliphatic rings. The summed E-state index contributed by atoms with van der Waals surface area (Å²) < 4.78 is 10.8. The van der Waals surface area contributed by atoms with Gasteiger partial charge in [0.05, 0.1) is 32.2 Å². The highest BCUT2D eigenvalue weighted by molar-refractivity contribution is 5.86. The molecule has 174 valence electrons. The van der Waals surface area contributed by atoms with Gasteiger partial charge in [0.25, 0.3) is 0 Å². The van der Waals surface area contributed by atoms with Crippen molar-refractivity contribution in [3.8, 4) is 22.8 Å². The maximum Gasteiger partial charge on any atom is 0.224 e. The number of benzene rings is 2. The fourth-order valence-corrected chi connectivity index (χ4v) is 4.29. The molecule has 9 heteroatoms. The maximum absolute atomic E-state index is 6.09. The first-order valence-electron chi connectivity index (χ1n) is 11.1. The standard InChI is InChI=1S/C25H27N7O2/c1-15-4-6-16(7-5-15)19-14-27-10-11-32(19)24-22-23(30-25(26)31-24)28-13-18(29-22)17-8-9-20(33-2)21(12-17)34-3/h4-9,12-13,19,27H,10-11,14H2,1-3H3,(H2,26,28,30,31). The van der Waals surface area contributed by atoms with Crippen LogP contribution in [0.25, 0.3) is 22.4 Å². The van der Waals surface area contributed by atoms with Crippen LogP contribution in [-0.2, 0) is 0 Å². The second kappa shape index (κ2) is 9.11. The van der Waals surface area contributed by atoms with Gasteiger partial charge in [0.2, 0.25) is 5.95 Å². The van der Waals surface area contributed by atoms with E-state index in [4.69, 9.17) is 20.2 Å². The minimum Gasteiger partial charge on any atom is -0.493 e. The van der Waals surface area contributed by atoms with E-state index in [2.05, 4.69) is 56.4 Å². The number of nitrogens with one attached hydrogen (secondary N) is 1. The topological polar surface area (TPSA) is 111 Å². The highest BCUT2D eigenvalue weighted by atomic mass is 16.5. The lowest BCUT2D eigenvalue weighted by Crippen LogP contribution is -2.46. The van der Waals surface area contributed by atoms with Crippen LogP contribution in [0.4, 0.5) is 11.8 Å². The molecule has 3 N–H and O–H groups in total. The van der Waals surface area contributed by atoms with Gasteiger partial charge in [-0.1, -0.05) is 29.8 Å². The highest BCUT2D eigenvalue weighted by Crippen LogP contribution is 2.34. The molecule has 2 aromatic heterocycles. The third kappa shape index (κ3) is 4.06. The number of fused-ring (bicyclic) bond motifs is 1. The maximum atomic E-state index is 6.09. The summed E-state index contributed by atoms with van der Waals surface area (Å²) in [7, 11) is 3.22. The van der Waals surface area contributed by atoms with Gasteiger partial charge in [0.1, 0.15) is 0 Å². The van der Waals surface area contributed by atoms with Crippen molar-refractivity contribution in [2.24, 2.45) is 0 Å². The molecule has 0 radical (unpaired) electrons. The molecule has 1 atom stereocenters. The monoisotopic (exact) mass is 457 g/mol. The molecule has 0 bridgehead atoms. The Morgan fingerprint density at radius 2 is 1.79 bits per heavy atom. The van der Waals surface area contributed by atoms with Gasteiger partial charge in [0, 0.05) is 25.2 Å². The van der Waals surface area contributed by atoms with Crippen molar-refractivity contribution in [2.75, 3.05) is 44.5 Å². The van der Waals surface area contributed by atoms with Gasteiger partial charge in [-0.25, -0.2) is 9.97 Å². The number of hydrogen-bond donors (Lipinski definition) is 2. The number of piperazine rings is 1. The Balaban J connectivity index is 1.62. The SMILES string of the molecule is COc1ccc(-c2cnc3nc(N)nc(N4CCNCC4c4ccc(C)cc4)c3n2)cc1OC. The van der Waals surface area contributed by atoms with Gasteiger partial charge in [-0.2, -0.15) is 9.97 Å². The van der Waals surface area contributed by atoms with Crippen molar-refractivity contribution in [3.63, 3.8) is 0 Å². The molecule has 1 unspecified atom stereocenters. The van der Waals surface area contributed by atoms with E-state index in [9.17, 15) is 0 Å². The summed E-state index contributed by atoms with van der Waals surface area (Å²) in [5.74, 6) is 2.14. The van der Waals surface area contributed by atoms with E-state index < -0.39 is 0 Å². The molecule has 3 heterocycles. The summed E-state index contributed by atoms with van der Waals surface area (Å²) in [5.41, 5.74) is 11.1. The first-order valence-corrected chi connectivity index (χ1v) is 11.1. The van der Waals surface area contributed by atoms with Gasteiger partial charge in [-0.3, -0.25) is 0 Å². The molecule has 34 heavy (non-hydrogen) atoms. The molecule has 0 aliphatic carbocycles. The molecule has 4 aromatic rings. The Kier molecular flexibility index (Phi) is 5.85. The van der Waals surface area contributed by atoms with Gasteiger partial charge in [0.15, 0.2) is 28.5 Å². The Bertz CT molecular complexity index is 1330. The van der Waals surface area contributed by atoms with Gasteiger partial charge in [-0.15, -0.1) is 0 Å². The second-order valence-electron chi connectivity index (χ2n) is 8.23. The number of anilines is 2. The lowest BCUT2D eigenvalue weighted by molar-refractivity contribution is 0.355. The average molecular weight is 458 g/mol. The first kappa shape index (κ1) is 21.8. The second-order valence-corrected chi connectivity index (χ2v) is 8.23. The van der Waals surface area contributed by atoms with Crippen LogP contribution >= 0.6 is 0 Å². The molecule has 9 nitrogen and oxygen atoms in total. The quantitative estimate of drug-likeness (QED) is 0.467. The van der Waals surface area contributed by atoms with Crippen molar-refractivity contribution in [1.29, 1.82) is 0 Å².